The fourth-order valence-corrected chi connectivity index (χ4v) is 3.14. The normalized spacial score (nSPS) is 18.9. The van der Waals surface area contributed by atoms with Gasteiger partial charge in [-0.15, -0.1) is 22.9 Å². The summed E-state index contributed by atoms with van der Waals surface area (Å²) in [6.07, 6.45) is 0. The van der Waals surface area contributed by atoms with Gasteiger partial charge in [-0.05, 0) is 0 Å². The highest BCUT2D eigenvalue weighted by Gasteiger charge is 2.48. The average molecular weight is 452 g/mol. The van der Waals surface area contributed by atoms with Gasteiger partial charge >= 0.3 is 5.97 Å². The number of ether oxygens (including phenoxy) is 1. The lowest BCUT2D eigenvalue weighted by Crippen LogP contribution is -2.69. The van der Waals surface area contributed by atoms with E-state index in [-0.39, 0.29) is 29.1 Å². The number of hydrogen-bond acceptors (Lipinski definition) is 9. The van der Waals surface area contributed by atoms with Gasteiger partial charge in [0.1, 0.15) is 30.2 Å². The number of β-lactam (4-membered cyclic amide) rings is 1. The minimum Gasteiger partial charge on any atom is -0.444 e. The summed E-state index contributed by atoms with van der Waals surface area (Å²) in [7, 11) is 1.23. The number of aromatic nitrogens is 1. The maximum Gasteiger partial charge on any atom is 0.304 e. The molecule has 0 saturated carbocycles. The number of carbonyl (C=O) groups is 4. The van der Waals surface area contributed by atoms with Crippen LogP contribution in [0, 0.1) is 0 Å². The highest BCUT2D eigenvalue weighted by molar-refractivity contribution is 7.14. The SMILES string of the molecule is CON=C(C(=O)N[C@@H]1C(=O)N(COC(C)=O)[C@@H]1Cl)c1csc(NC(=O)CCl)n1. The van der Waals surface area contributed by atoms with E-state index in [1.54, 1.807) is 0 Å². The number of oxime groups is 1. The third kappa shape index (κ3) is 5.09. The summed E-state index contributed by atoms with van der Waals surface area (Å²) in [6, 6.07) is -1.04. The van der Waals surface area contributed by atoms with Crippen molar-refractivity contribution in [1.29, 1.82) is 0 Å². The summed E-state index contributed by atoms with van der Waals surface area (Å²) in [4.78, 5) is 56.5. The zero-order valence-corrected chi connectivity index (χ0v) is 16.9. The molecule has 1 aliphatic rings. The van der Waals surface area contributed by atoms with Gasteiger partial charge in [-0.25, -0.2) is 4.98 Å². The fourth-order valence-electron chi connectivity index (χ4n) is 2.04. The first-order valence-electron chi connectivity index (χ1n) is 7.60. The Morgan fingerprint density at radius 2 is 2.14 bits per heavy atom. The zero-order chi connectivity index (χ0) is 20.8. The first-order chi connectivity index (χ1) is 13.3. The van der Waals surface area contributed by atoms with E-state index < -0.39 is 35.2 Å². The Kier molecular flexibility index (Phi) is 7.54. The summed E-state index contributed by atoms with van der Waals surface area (Å²) < 4.78 is 4.71. The van der Waals surface area contributed by atoms with E-state index in [0.29, 0.717) is 0 Å². The Morgan fingerprint density at radius 1 is 1.43 bits per heavy atom. The van der Waals surface area contributed by atoms with Crippen LogP contribution in [0.15, 0.2) is 10.5 Å². The molecule has 1 aromatic heterocycles. The molecule has 0 aromatic carbocycles. The number of nitrogens with one attached hydrogen (secondary N) is 2. The number of anilines is 1. The summed E-state index contributed by atoms with van der Waals surface area (Å²) >= 11 is 12.5. The minimum absolute atomic E-state index is 0.115. The molecule has 0 aliphatic carbocycles. The molecule has 0 radical (unpaired) electrons. The van der Waals surface area contributed by atoms with Crippen LogP contribution in [0.3, 0.4) is 0 Å². The number of alkyl halides is 2. The van der Waals surface area contributed by atoms with Crippen molar-refractivity contribution in [3.63, 3.8) is 0 Å². The molecule has 0 unspecified atom stereocenters. The van der Waals surface area contributed by atoms with E-state index >= 15 is 0 Å². The van der Waals surface area contributed by atoms with Gasteiger partial charge in [0.2, 0.25) is 5.91 Å². The van der Waals surface area contributed by atoms with Gasteiger partial charge in [0, 0.05) is 12.3 Å². The third-order valence-electron chi connectivity index (χ3n) is 3.33. The second kappa shape index (κ2) is 9.66. The van der Waals surface area contributed by atoms with Crippen molar-refractivity contribution in [2.45, 2.75) is 18.5 Å². The van der Waals surface area contributed by atoms with Crippen LogP contribution in [0.25, 0.3) is 0 Å². The molecule has 3 amide bonds. The lowest BCUT2D eigenvalue weighted by molar-refractivity contribution is -0.163. The van der Waals surface area contributed by atoms with Crippen molar-refractivity contribution in [3.8, 4) is 0 Å². The number of esters is 1. The molecule has 1 fully saturated rings. The van der Waals surface area contributed by atoms with E-state index in [1.165, 1.54) is 19.4 Å². The summed E-state index contributed by atoms with van der Waals surface area (Å²) in [5.74, 6) is -2.58. The zero-order valence-electron chi connectivity index (χ0n) is 14.6. The van der Waals surface area contributed by atoms with Crippen molar-refractivity contribution in [3.05, 3.63) is 11.1 Å². The molecule has 28 heavy (non-hydrogen) atoms. The number of hydrogen-bond donors (Lipinski definition) is 2. The Labute approximate surface area is 172 Å². The van der Waals surface area contributed by atoms with Crippen molar-refractivity contribution < 1.29 is 28.8 Å². The number of carbonyl (C=O) groups excluding carboxylic acids is 4. The molecule has 11 nitrogen and oxygen atoms in total. The van der Waals surface area contributed by atoms with Gasteiger partial charge in [-0.3, -0.25) is 24.1 Å². The van der Waals surface area contributed by atoms with Gasteiger partial charge in [-0.2, -0.15) is 0 Å². The Morgan fingerprint density at radius 3 is 2.71 bits per heavy atom. The van der Waals surface area contributed by atoms with Crippen molar-refractivity contribution in [1.82, 2.24) is 15.2 Å². The third-order valence-corrected chi connectivity index (χ3v) is 4.82. The smallest absolute Gasteiger partial charge is 0.304 e. The highest BCUT2D eigenvalue weighted by atomic mass is 35.5. The van der Waals surface area contributed by atoms with E-state index in [9.17, 15) is 19.2 Å². The molecule has 1 aliphatic heterocycles. The quantitative estimate of drug-likeness (QED) is 0.142. The first-order valence-corrected chi connectivity index (χ1v) is 9.45. The molecule has 2 N–H and O–H groups in total. The molecular formula is C14H15Cl2N5O6S. The molecule has 152 valence electrons. The monoisotopic (exact) mass is 451 g/mol. The molecule has 0 spiro atoms. The second-order valence-corrected chi connectivity index (χ2v) is 6.81. The van der Waals surface area contributed by atoms with Crippen molar-refractivity contribution in [2.24, 2.45) is 5.16 Å². The Hall–Kier alpha value is -2.44. The maximum absolute atomic E-state index is 12.5. The fraction of sp³-hybridized carbons (Fsp3) is 0.429. The van der Waals surface area contributed by atoms with E-state index in [2.05, 4.69) is 25.6 Å². The number of amides is 3. The van der Waals surface area contributed by atoms with E-state index in [1.807, 2.05) is 0 Å². The maximum atomic E-state index is 12.5. The topological polar surface area (TPSA) is 139 Å². The number of likely N-dealkylation sites (tertiary alicyclic amines) is 1. The van der Waals surface area contributed by atoms with Crippen LogP contribution in [0.5, 0.6) is 0 Å². The Balaban J connectivity index is 2.04. The van der Waals surface area contributed by atoms with Crippen LogP contribution in [-0.2, 0) is 28.8 Å². The summed E-state index contributed by atoms with van der Waals surface area (Å²) in [6.45, 7) is 0.876. The molecular weight excluding hydrogens is 437 g/mol. The highest BCUT2D eigenvalue weighted by Crippen LogP contribution is 2.24. The molecule has 2 rings (SSSR count). The van der Waals surface area contributed by atoms with Gasteiger partial charge in [-0.1, -0.05) is 16.8 Å². The molecule has 1 aromatic rings. The number of rotatable bonds is 8. The lowest BCUT2D eigenvalue weighted by Gasteiger charge is -2.42. The largest absolute Gasteiger partial charge is 0.444 e. The predicted octanol–water partition coefficient (Wildman–Crippen LogP) is 0.0834. The van der Waals surface area contributed by atoms with Crippen LogP contribution in [-0.4, -0.2) is 70.5 Å². The number of nitrogens with zero attached hydrogens (tertiary/aromatic N) is 3. The van der Waals surface area contributed by atoms with Crippen molar-refractivity contribution in [2.75, 3.05) is 25.0 Å². The van der Waals surface area contributed by atoms with Gasteiger partial charge < -0.3 is 20.2 Å². The summed E-state index contributed by atoms with van der Waals surface area (Å²) in [5.41, 5.74) is -1.02. The standard InChI is InChI=1S/C14H15Cl2N5O6S/c1-6(22)27-5-21-11(16)10(13(21)25)19-12(24)9(20-26-2)7-4-28-14(17-7)18-8(23)3-15/h4,10-11H,3,5H2,1-2H3,(H,19,24)(H,17,18,23)/t10-,11-/m0/s1. The summed E-state index contributed by atoms with van der Waals surface area (Å²) in [5, 5.41) is 10.2. The van der Waals surface area contributed by atoms with Crippen LogP contribution in [0.2, 0.25) is 0 Å². The predicted molar refractivity (Wildman–Crippen MR) is 100 cm³/mol. The molecule has 14 heteroatoms. The number of halogens is 2. The van der Waals surface area contributed by atoms with Gasteiger partial charge in [0.15, 0.2) is 17.6 Å². The second-order valence-electron chi connectivity index (χ2n) is 5.24. The Bertz CT molecular complexity index is 816. The van der Waals surface area contributed by atoms with Crippen LogP contribution in [0.1, 0.15) is 12.6 Å². The molecule has 2 heterocycles. The number of thiazole rings is 1. The van der Waals surface area contributed by atoms with E-state index in [4.69, 9.17) is 27.9 Å². The van der Waals surface area contributed by atoms with E-state index in [0.717, 1.165) is 16.2 Å². The average Bonchev–Trinajstić information content (AvgIpc) is 3.11. The minimum atomic E-state index is -1.04. The van der Waals surface area contributed by atoms with Crippen LogP contribution >= 0.6 is 34.5 Å². The lowest BCUT2D eigenvalue weighted by atomic mass is 10.1. The van der Waals surface area contributed by atoms with Gasteiger partial charge in [0.25, 0.3) is 11.8 Å². The molecule has 0 bridgehead atoms. The van der Waals surface area contributed by atoms with Crippen molar-refractivity contribution >= 4 is 69.1 Å². The van der Waals surface area contributed by atoms with Crippen LogP contribution in [0.4, 0.5) is 5.13 Å². The molecule has 2 atom stereocenters. The molecule has 1 saturated heterocycles. The van der Waals surface area contributed by atoms with Gasteiger partial charge in [0.05, 0.1) is 0 Å². The van der Waals surface area contributed by atoms with Crippen LogP contribution < -0.4 is 10.6 Å². The first kappa shape index (κ1) is 21.9.